The molecule has 1 saturated heterocycles. The molecule has 46 heavy (non-hydrogen) atoms. The summed E-state index contributed by atoms with van der Waals surface area (Å²) in [7, 11) is 2.15. The predicted octanol–water partition coefficient (Wildman–Crippen LogP) is 3.62. The first kappa shape index (κ1) is 33.8. The molecule has 13 nitrogen and oxygen atoms in total. The Morgan fingerprint density at radius 1 is 0.957 bits per heavy atom. The van der Waals surface area contributed by atoms with E-state index in [0.29, 0.717) is 22.6 Å². The van der Waals surface area contributed by atoms with E-state index in [1.54, 1.807) is 49.8 Å². The lowest BCUT2D eigenvalue weighted by atomic mass is 9.77. The number of benzene rings is 1. The molecule has 13 heteroatoms. The molecule has 3 aromatic heterocycles. The zero-order chi connectivity index (χ0) is 33.5. The first-order valence-corrected chi connectivity index (χ1v) is 15.0. The fourth-order valence-electron chi connectivity index (χ4n) is 5.54. The van der Waals surface area contributed by atoms with Crippen molar-refractivity contribution < 1.29 is 19.1 Å². The Bertz CT molecular complexity index is 1680. The van der Waals surface area contributed by atoms with Gasteiger partial charge in [0.2, 0.25) is 0 Å². The van der Waals surface area contributed by atoms with Gasteiger partial charge >= 0.3 is 5.97 Å². The minimum atomic E-state index is -0.539. The molecule has 0 aliphatic carbocycles. The number of H-pyrrole nitrogens is 1. The summed E-state index contributed by atoms with van der Waals surface area (Å²) in [6.07, 6.45) is 10.4. The number of ether oxygens (including phenoxy) is 1. The fourth-order valence-corrected chi connectivity index (χ4v) is 5.54. The van der Waals surface area contributed by atoms with E-state index in [0.717, 1.165) is 12.8 Å². The van der Waals surface area contributed by atoms with Crippen LogP contribution in [0.1, 0.15) is 74.7 Å². The molecule has 4 aromatic rings. The van der Waals surface area contributed by atoms with E-state index in [1.165, 1.54) is 29.3 Å². The summed E-state index contributed by atoms with van der Waals surface area (Å²) >= 11 is 0. The molecule has 1 amide bonds. The van der Waals surface area contributed by atoms with Crippen molar-refractivity contribution in [3.8, 4) is 17.1 Å². The number of nitrogens with zero attached hydrogens (tertiary/aromatic N) is 6. The molecule has 0 spiro atoms. The second-order valence-corrected chi connectivity index (χ2v) is 12.2. The first-order valence-electron chi connectivity index (χ1n) is 15.0. The van der Waals surface area contributed by atoms with Gasteiger partial charge in [-0.05, 0) is 78.8 Å². The Kier molecular flexibility index (Phi) is 10.6. The number of aromatic amines is 1. The number of hydrogen-bond acceptors (Lipinski definition) is 10. The summed E-state index contributed by atoms with van der Waals surface area (Å²) in [6.45, 7) is 10.8. The molecule has 0 unspecified atom stereocenters. The molecule has 5 rings (SSSR count). The topological polar surface area (TPSA) is 165 Å². The molecule has 1 aromatic carbocycles. The zero-order valence-electron chi connectivity index (χ0n) is 27.0. The monoisotopic (exact) mass is 628 g/mol. The maximum Gasteiger partial charge on any atom is 0.313 e. The molecule has 242 valence electrons. The van der Waals surface area contributed by atoms with Crippen LogP contribution in [0, 0.1) is 0 Å². The van der Waals surface area contributed by atoms with Crippen molar-refractivity contribution in [2.24, 2.45) is 0 Å². The number of Topliss-reactive ketones (excluding diaryl/α,β-unsaturated/α-hetero) is 1. The van der Waals surface area contributed by atoms with Gasteiger partial charge in [0.15, 0.2) is 5.78 Å². The molecule has 0 bridgehead atoms. The lowest BCUT2D eigenvalue weighted by Crippen LogP contribution is -2.62. The maximum absolute atomic E-state index is 12.9. The minimum absolute atomic E-state index is 0.000817. The third-order valence-corrected chi connectivity index (χ3v) is 8.05. The molecule has 2 N–H and O–H groups in total. The molecule has 0 saturated carbocycles. The van der Waals surface area contributed by atoms with Crippen LogP contribution in [0.5, 0.6) is 0 Å². The summed E-state index contributed by atoms with van der Waals surface area (Å²) < 4.78 is 6.05. The van der Waals surface area contributed by atoms with Crippen LogP contribution in [-0.4, -0.2) is 83.1 Å². The molecule has 1 aliphatic heterocycles. The van der Waals surface area contributed by atoms with Crippen LogP contribution in [0.3, 0.4) is 0 Å². The number of hydrogen-bond donors (Lipinski definition) is 2. The van der Waals surface area contributed by atoms with E-state index in [4.69, 9.17) is 0 Å². The number of likely N-dealkylation sites (tertiary alicyclic amines) is 1. The van der Waals surface area contributed by atoms with Gasteiger partial charge in [0, 0.05) is 53.5 Å². The third kappa shape index (κ3) is 8.36. The number of piperidine rings is 1. The predicted molar refractivity (Wildman–Crippen MR) is 171 cm³/mol. The summed E-state index contributed by atoms with van der Waals surface area (Å²) in [4.78, 5) is 65.7. The summed E-state index contributed by atoms with van der Waals surface area (Å²) in [5.74, 6) is -1.02. The Morgan fingerprint density at radius 2 is 1.59 bits per heavy atom. The van der Waals surface area contributed by atoms with Crippen LogP contribution in [-0.2, 0) is 9.53 Å². The number of aromatic nitrogens is 6. The molecule has 0 radical (unpaired) electrons. The minimum Gasteiger partial charge on any atom is -0.466 e. The van der Waals surface area contributed by atoms with Gasteiger partial charge in [-0.1, -0.05) is 0 Å². The molecule has 1 fully saturated rings. The Balaban J connectivity index is 0.000000288. The lowest BCUT2D eigenvalue weighted by Gasteiger charge is -2.53. The summed E-state index contributed by atoms with van der Waals surface area (Å²) in [5.41, 5.74) is 2.35. The highest BCUT2D eigenvalue weighted by Gasteiger charge is 2.43. The van der Waals surface area contributed by atoms with Crippen molar-refractivity contribution in [1.82, 2.24) is 39.9 Å². The number of nitrogens with one attached hydrogen (secondary N) is 2. The lowest BCUT2D eigenvalue weighted by molar-refractivity contribution is -0.141. The average molecular weight is 629 g/mol. The van der Waals surface area contributed by atoms with Gasteiger partial charge in [-0.15, -0.1) is 0 Å². The number of carbonyl (C=O) groups is 3. The fraction of sp³-hybridized carbons (Fsp3) is 0.394. The van der Waals surface area contributed by atoms with Crippen molar-refractivity contribution in [2.75, 3.05) is 13.7 Å². The standard InChI is InChI=1S/C24H30N6O2.C9H10N2O3/c1-23(2)13-17(14-24(3,4)29(23)5)27-22(32)16-6-8-18(9-7-16)30-21(31)12-19(28-30)20-15-25-10-11-26-20;1-2-14-9(13)5-8(12)7-6-10-3-4-11-7/h6-12,15,17,28H,13-14H2,1-5H3,(H,27,32);3-4,6H,2,5H2,1H3. The van der Waals surface area contributed by atoms with Crippen molar-refractivity contribution >= 4 is 17.7 Å². The quantitative estimate of drug-likeness (QED) is 0.167. The largest absolute Gasteiger partial charge is 0.466 e. The number of amides is 1. The highest BCUT2D eigenvalue weighted by atomic mass is 16.5. The van der Waals surface area contributed by atoms with Crippen LogP contribution < -0.4 is 10.9 Å². The number of ketones is 1. The van der Waals surface area contributed by atoms with E-state index in [-0.39, 0.29) is 53.1 Å². The molecule has 0 atom stereocenters. The van der Waals surface area contributed by atoms with Gasteiger partial charge in [-0.2, -0.15) is 0 Å². The van der Waals surface area contributed by atoms with Crippen molar-refractivity contribution in [2.45, 2.75) is 71.0 Å². The Labute approximate surface area is 267 Å². The normalized spacial score (nSPS) is 15.7. The van der Waals surface area contributed by atoms with Crippen LogP contribution in [0.2, 0.25) is 0 Å². The highest BCUT2D eigenvalue weighted by Crippen LogP contribution is 2.36. The first-order chi connectivity index (χ1) is 21.8. The van der Waals surface area contributed by atoms with Crippen LogP contribution >= 0.6 is 0 Å². The molecular weight excluding hydrogens is 588 g/mol. The number of esters is 1. The van der Waals surface area contributed by atoms with Gasteiger partial charge in [0.25, 0.3) is 11.5 Å². The van der Waals surface area contributed by atoms with E-state index >= 15 is 0 Å². The van der Waals surface area contributed by atoms with Crippen LogP contribution in [0.15, 0.2) is 72.3 Å². The van der Waals surface area contributed by atoms with Crippen molar-refractivity contribution in [1.29, 1.82) is 0 Å². The highest BCUT2D eigenvalue weighted by molar-refractivity contribution is 6.04. The Hall–Kier alpha value is -5.04. The second-order valence-electron chi connectivity index (χ2n) is 12.2. The van der Waals surface area contributed by atoms with E-state index in [9.17, 15) is 19.2 Å². The van der Waals surface area contributed by atoms with E-state index in [2.05, 4.69) is 74.7 Å². The second kappa shape index (κ2) is 14.4. The third-order valence-electron chi connectivity index (χ3n) is 8.05. The van der Waals surface area contributed by atoms with Crippen molar-refractivity contribution in [3.63, 3.8) is 0 Å². The van der Waals surface area contributed by atoms with Gasteiger partial charge in [-0.3, -0.25) is 44.1 Å². The summed E-state index contributed by atoms with van der Waals surface area (Å²) in [6, 6.07) is 8.58. The van der Waals surface area contributed by atoms with Gasteiger partial charge in [-0.25, -0.2) is 9.67 Å². The van der Waals surface area contributed by atoms with Gasteiger partial charge in [0.1, 0.15) is 17.8 Å². The van der Waals surface area contributed by atoms with Gasteiger partial charge < -0.3 is 10.1 Å². The maximum atomic E-state index is 12.9. The van der Waals surface area contributed by atoms with Crippen LogP contribution in [0.25, 0.3) is 17.1 Å². The molecule has 1 aliphatic rings. The average Bonchev–Trinajstić information content (AvgIpc) is 3.42. The van der Waals surface area contributed by atoms with Crippen LogP contribution in [0.4, 0.5) is 0 Å². The van der Waals surface area contributed by atoms with E-state index < -0.39 is 5.97 Å². The smallest absolute Gasteiger partial charge is 0.313 e. The number of rotatable bonds is 8. The zero-order valence-corrected chi connectivity index (χ0v) is 27.0. The van der Waals surface area contributed by atoms with Gasteiger partial charge in [0.05, 0.1) is 30.4 Å². The SMILES string of the molecule is CCOC(=O)CC(=O)c1cnccn1.CN1C(C)(C)CC(NC(=O)c2ccc(-n3[nH]c(-c4cnccn4)cc3=O)cc2)CC1(C)C. The summed E-state index contributed by atoms with van der Waals surface area (Å²) in [5, 5.41) is 6.25. The molecular formula is C33H40N8O5. The Morgan fingerprint density at radius 3 is 2.15 bits per heavy atom. The van der Waals surface area contributed by atoms with Crippen molar-refractivity contribution in [3.05, 3.63) is 89.1 Å². The number of carbonyl (C=O) groups excluding carboxylic acids is 3. The van der Waals surface area contributed by atoms with E-state index in [1.807, 2.05) is 0 Å². The molecule has 4 heterocycles.